The first kappa shape index (κ1) is 14.4. The average molecular weight is 307 g/mol. The minimum absolute atomic E-state index is 0.112. The minimum Gasteiger partial charge on any atom is -0.381 e. The summed E-state index contributed by atoms with van der Waals surface area (Å²) in [5.74, 6) is 0.265. The summed E-state index contributed by atoms with van der Waals surface area (Å²) in [5, 5.41) is 4.92. The second-order valence-corrected chi connectivity index (χ2v) is 5.87. The van der Waals surface area contributed by atoms with Crippen LogP contribution < -0.4 is 5.32 Å². The van der Waals surface area contributed by atoms with Crippen molar-refractivity contribution in [2.24, 2.45) is 5.92 Å². The molecule has 1 aromatic heterocycles. The Labute approximate surface area is 128 Å². The number of hydrogen-bond donors (Lipinski definition) is 2. The smallest absolute Gasteiger partial charge is 0.223 e. The molecule has 2 N–H and O–H groups in total. The van der Waals surface area contributed by atoms with Crippen LogP contribution in [0, 0.1) is 5.92 Å². The molecule has 0 saturated carbocycles. The first-order chi connectivity index (χ1) is 10.2. The number of aromatic nitrogens is 1. The highest BCUT2D eigenvalue weighted by Crippen LogP contribution is 2.22. The predicted octanol–water partition coefficient (Wildman–Crippen LogP) is 2.91. The maximum Gasteiger partial charge on any atom is 0.223 e. The van der Waals surface area contributed by atoms with Gasteiger partial charge in [-0.3, -0.25) is 4.79 Å². The van der Waals surface area contributed by atoms with Gasteiger partial charge in [0.05, 0.1) is 0 Å². The molecular weight excluding hydrogens is 288 g/mol. The lowest BCUT2D eigenvalue weighted by atomic mass is 9.99. The molecule has 0 bridgehead atoms. The summed E-state index contributed by atoms with van der Waals surface area (Å²) in [6.45, 7) is 2.05. The van der Waals surface area contributed by atoms with Gasteiger partial charge in [0.1, 0.15) is 0 Å². The van der Waals surface area contributed by atoms with Crippen LogP contribution in [0.25, 0.3) is 10.9 Å². The van der Waals surface area contributed by atoms with Gasteiger partial charge >= 0.3 is 0 Å². The van der Waals surface area contributed by atoms with Gasteiger partial charge in [0.2, 0.25) is 5.91 Å². The zero-order valence-electron chi connectivity index (χ0n) is 11.8. The number of hydrogen-bond acceptors (Lipinski definition) is 2. The van der Waals surface area contributed by atoms with Crippen LogP contribution in [0.4, 0.5) is 0 Å². The van der Waals surface area contributed by atoms with Gasteiger partial charge < -0.3 is 15.0 Å². The Morgan fingerprint density at radius 2 is 2.19 bits per heavy atom. The van der Waals surface area contributed by atoms with Gasteiger partial charge in [-0.05, 0) is 37.0 Å². The molecule has 4 nitrogen and oxygen atoms in total. The van der Waals surface area contributed by atoms with Crippen molar-refractivity contribution in [3.63, 3.8) is 0 Å². The summed E-state index contributed by atoms with van der Waals surface area (Å²) in [5.41, 5.74) is 2.24. The lowest BCUT2D eigenvalue weighted by Gasteiger charge is -2.21. The van der Waals surface area contributed by atoms with Gasteiger partial charge in [0.15, 0.2) is 0 Å². The highest BCUT2D eigenvalue weighted by molar-refractivity contribution is 6.31. The van der Waals surface area contributed by atoms with Crippen LogP contribution >= 0.6 is 11.6 Å². The topological polar surface area (TPSA) is 54.1 Å². The molecule has 3 rings (SSSR count). The van der Waals surface area contributed by atoms with Crippen molar-refractivity contribution < 1.29 is 9.53 Å². The molecule has 1 aromatic carbocycles. The number of H-pyrrole nitrogens is 1. The van der Waals surface area contributed by atoms with Crippen molar-refractivity contribution in [3.8, 4) is 0 Å². The minimum atomic E-state index is 0.112. The van der Waals surface area contributed by atoms with E-state index in [9.17, 15) is 4.79 Å². The van der Waals surface area contributed by atoms with Gasteiger partial charge in [-0.15, -0.1) is 0 Å². The van der Waals surface area contributed by atoms with Crippen LogP contribution in [0.3, 0.4) is 0 Å². The Bertz CT molecular complexity index is 632. The number of amides is 1. The number of fused-ring (bicyclic) bond motifs is 1. The fourth-order valence-corrected chi connectivity index (χ4v) is 2.96. The van der Waals surface area contributed by atoms with Crippen LogP contribution in [0.5, 0.6) is 0 Å². The molecule has 1 saturated heterocycles. The van der Waals surface area contributed by atoms with E-state index in [1.807, 2.05) is 24.4 Å². The summed E-state index contributed by atoms with van der Waals surface area (Å²) in [6, 6.07) is 5.83. The quantitative estimate of drug-likeness (QED) is 0.912. The van der Waals surface area contributed by atoms with Crippen LogP contribution in [0.2, 0.25) is 5.02 Å². The van der Waals surface area contributed by atoms with Crippen molar-refractivity contribution in [1.29, 1.82) is 0 Å². The van der Waals surface area contributed by atoms with Crippen LogP contribution in [-0.2, 0) is 16.0 Å². The van der Waals surface area contributed by atoms with Crippen molar-refractivity contribution in [2.45, 2.75) is 19.3 Å². The van der Waals surface area contributed by atoms with Crippen molar-refractivity contribution in [1.82, 2.24) is 10.3 Å². The van der Waals surface area contributed by atoms with Crippen molar-refractivity contribution in [2.75, 3.05) is 19.8 Å². The monoisotopic (exact) mass is 306 g/mol. The number of carbonyl (C=O) groups is 1. The molecule has 0 aliphatic carbocycles. The fourth-order valence-electron chi connectivity index (χ4n) is 2.79. The first-order valence-corrected chi connectivity index (χ1v) is 7.73. The molecule has 2 aromatic rings. The summed E-state index contributed by atoms with van der Waals surface area (Å²) in [7, 11) is 0. The molecule has 5 heteroatoms. The Balaban J connectivity index is 1.55. The predicted molar refractivity (Wildman–Crippen MR) is 83.6 cm³/mol. The number of halogens is 1. The maximum atomic E-state index is 12.0. The fraction of sp³-hybridized carbons (Fsp3) is 0.438. The van der Waals surface area contributed by atoms with Crippen LogP contribution in [0.15, 0.2) is 24.4 Å². The van der Waals surface area contributed by atoms with E-state index in [1.54, 1.807) is 0 Å². The zero-order valence-corrected chi connectivity index (χ0v) is 12.6. The average Bonchev–Trinajstić information content (AvgIpc) is 2.90. The molecule has 0 atom stereocenters. The zero-order chi connectivity index (χ0) is 14.7. The number of rotatable bonds is 4. The van der Waals surface area contributed by atoms with Crippen LogP contribution in [-0.4, -0.2) is 30.6 Å². The molecule has 21 heavy (non-hydrogen) atoms. The number of nitrogens with one attached hydrogen (secondary N) is 2. The SMILES string of the molecule is O=C(NCCc1c[nH]c2cc(Cl)ccc12)C1CCOCC1. The molecule has 0 spiro atoms. The Hall–Kier alpha value is -1.52. The molecule has 1 aliphatic heterocycles. The van der Waals surface area contributed by atoms with E-state index < -0.39 is 0 Å². The third-order valence-corrected chi connectivity index (χ3v) is 4.25. The molecule has 112 valence electrons. The van der Waals surface area contributed by atoms with E-state index in [1.165, 1.54) is 10.9 Å². The number of ether oxygens (including phenoxy) is 1. The Morgan fingerprint density at radius 1 is 1.38 bits per heavy atom. The number of benzene rings is 1. The van der Waals surface area contributed by atoms with Gasteiger partial charge in [-0.25, -0.2) is 0 Å². The largest absolute Gasteiger partial charge is 0.381 e. The molecule has 1 fully saturated rings. The summed E-state index contributed by atoms with van der Waals surface area (Å²) in [4.78, 5) is 15.3. The normalized spacial score (nSPS) is 16.2. The first-order valence-electron chi connectivity index (χ1n) is 7.35. The van der Waals surface area contributed by atoms with Crippen molar-refractivity contribution >= 4 is 28.4 Å². The van der Waals surface area contributed by atoms with E-state index in [4.69, 9.17) is 16.3 Å². The summed E-state index contributed by atoms with van der Waals surface area (Å²) < 4.78 is 5.28. The third kappa shape index (κ3) is 3.39. The van der Waals surface area contributed by atoms with Crippen LogP contribution in [0.1, 0.15) is 18.4 Å². The molecule has 1 amide bonds. The summed E-state index contributed by atoms with van der Waals surface area (Å²) >= 11 is 5.97. The third-order valence-electron chi connectivity index (χ3n) is 4.02. The lowest BCUT2D eigenvalue weighted by molar-refractivity contribution is -0.127. The lowest BCUT2D eigenvalue weighted by Crippen LogP contribution is -2.35. The second-order valence-electron chi connectivity index (χ2n) is 5.43. The van der Waals surface area contributed by atoms with E-state index in [0.717, 1.165) is 29.8 Å². The van der Waals surface area contributed by atoms with E-state index in [2.05, 4.69) is 10.3 Å². The molecule has 0 radical (unpaired) electrons. The van der Waals surface area contributed by atoms with E-state index >= 15 is 0 Å². The van der Waals surface area contributed by atoms with E-state index in [-0.39, 0.29) is 11.8 Å². The molecule has 2 heterocycles. The Morgan fingerprint density at radius 3 is 3.00 bits per heavy atom. The van der Waals surface area contributed by atoms with Gasteiger partial charge in [0, 0.05) is 47.8 Å². The number of aromatic amines is 1. The Kier molecular flexibility index (Phi) is 4.46. The molecular formula is C16H19ClN2O2. The van der Waals surface area contributed by atoms with Crippen molar-refractivity contribution in [3.05, 3.63) is 35.0 Å². The van der Waals surface area contributed by atoms with Gasteiger partial charge in [0.25, 0.3) is 0 Å². The standard InChI is InChI=1S/C16H19ClN2O2/c17-13-1-2-14-12(10-19-15(14)9-13)3-6-18-16(20)11-4-7-21-8-5-11/h1-2,9-11,19H,3-8H2,(H,18,20). The van der Waals surface area contributed by atoms with Gasteiger partial charge in [-0.2, -0.15) is 0 Å². The summed E-state index contributed by atoms with van der Waals surface area (Å²) in [6.07, 6.45) is 4.47. The highest BCUT2D eigenvalue weighted by atomic mass is 35.5. The van der Waals surface area contributed by atoms with E-state index in [0.29, 0.717) is 19.8 Å². The van der Waals surface area contributed by atoms with Gasteiger partial charge in [-0.1, -0.05) is 17.7 Å². The molecule has 1 aliphatic rings. The molecule has 0 unspecified atom stereocenters. The highest BCUT2D eigenvalue weighted by Gasteiger charge is 2.20. The number of carbonyl (C=O) groups excluding carboxylic acids is 1. The second kappa shape index (κ2) is 6.50. The maximum absolute atomic E-state index is 12.0.